The van der Waals surface area contributed by atoms with Gasteiger partial charge < -0.3 is 14.1 Å². The van der Waals surface area contributed by atoms with Crippen LogP contribution >= 0.6 is 0 Å². The van der Waals surface area contributed by atoms with Crippen molar-refractivity contribution in [3.63, 3.8) is 0 Å². The molecule has 1 saturated heterocycles. The molecule has 1 aliphatic rings. The third kappa shape index (κ3) is 4.82. The molecule has 1 aromatic carbocycles. The van der Waals surface area contributed by atoms with Crippen LogP contribution in [0.4, 0.5) is 4.79 Å². The van der Waals surface area contributed by atoms with E-state index in [1.165, 1.54) is 0 Å². The Balaban J connectivity index is 1.81. The molecule has 0 saturated carbocycles. The van der Waals surface area contributed by atoms with Crippen LogP contribution in [0, 0.1) is 0 Å². The summed E-state index contributed by atoms with van der Waals surface area (Å²) in [5, 5.41) is 5.94. The van der Waals surface area contributed by atoms with Crippen LogP contribution in [0.3, 0.4) is 0 Å². The first kappa shape index (κ1) is 22.7. The van der Waals surface area contributed by atoms with Crippen LogP contribution in [0.1, 0.15) is 60.4 Å². The lowest BCUT2D eigenvalue weighted by molar-refractivity contribution is 0.0186. The average molecular weight is 432 g/mol. The number of para-hydroxylation sites is 1. The highest BCUT2D eigenvalue weighted by Crippen LogP contribution is 2.40. The van der Waals surface area contributed by atoms with E-state index in [1.54, 1.807) is 4.90 Å². The number of piperidine rings is 1. The number of hydrogen-bond donors (Lipinski definition) is 0. The molecule has 166 valence electrons. The standard InChI is InChI=1S/C23H37N3O3Si/c1-22(2,3)28-21(27)25-14-12-18(13-15-25)26-20-17(16-24-26)10-9-11-19(20)29-30(7,8)23(4,5)6/h9-11,16,18H,12-15H2,1-8H3. The molecule has 0 atom stereocenters. The SMILES string of the molecule is CC(C)(C)OC(=O)N1CCC(n2ncc3cccc(O[Si](C)(C)C(C)(C)C)c32)CC1. The molecular weight excluding hydrogens is 394 g/mol. The second kappa shape index (κ2) is 7.91. The van der Waals surface area contributed by atoms with E-state index in [-0.39, 0.29) is 17.2 Å². The normalized spacial score (nSPS) is 16.7. The monoisotopic (exact) mass is 431 g/mol. The van der Waals surface area contributed by atoms with E-state index in [2.05, 4.69) is 50.7 Å². The van der Waals surface area contributed by atoms with Crippen molar-refractivity contribution in [1.29, 1.82) is 0 Å². The summed E-state index contributed by atoms with van der Waals surface area (Å²) < 4.78 is 14.3. The molecule has 3 rings (SSSR count). The minimum Gasteiger partial charge on any atom is -0.542 e. The largest absolute Gasteiger partial charge is 0.542 e. The summed E-state index contributed by atoms with van der Waals surface area (Å²) in [4.78, 5) is 14.2. The van der Waals surface area contributed by atoms with Gasteiger partial charge in [-0.05, 0) is 57.8 Å². The highest BCUT2D eigenvalue weighted by molar-refractivity contribution is 6.74. The van der Waals surface area contributed by atoms with Crippen molar-refractivity contribution in [2.45, 2.75) is 84.2 Å². The summed E-state index contributed by atoms with van der Waals surface area (Å²) in [5.74, 6) is 0.922. The number of carbonyl (C=O) groups excluding carboxylic acids is 1. The van der Waals surface area contributed by atoms with Crippen molar-refractivity contribution in [1.82, 2.24) is 14.7 Å². The van der Waals surface area contributed by atoms with E-state index < -0.39 is 13.9 Å². The topological polar surface area (TPSA) is 56.6 Å². The molecule has 6 nitrogen and oxygen atoms in total. The van der Waals surface area contributed by atoms with E-state index in [1.807, 2.05) is 33.0 Å². The molecule has 0 unspecified atom stereocenters. The molecule has 1 aliphatic heterocycles. The average Bonchev–Trinajstić information content (AvgIpc) is 3.04. The third-order valence-electron chi connectivity index (χ3n) is 6.21. The first-order valence-electron chi connectivity index (χ1n) is 10.9. The van der Waals surface area contributed by atoms with Crippen LogP contribution < -0.4 is 4.43 Å². The summed E-state index contributed by atoms with van der Waals surface area (Å²) >= 11 is 0. The molecule has 1 amide bonds. The van der Waals surface area contributed by atoms with Gasteiger partial charge in [-0.15, -0.1) is 0 Å². The van der Waals surface area contributed by atoms with Crippen molar-refractivity contribution in [3.05, 3.63) is 24.4 Å². The number of amides is 1. The number of carbonyl (C=O) groups is 1. The van der Waals surface area contributed by atoms with E-state index >= 15 is 0 Å². The van der Waals surface area contributed by atoms with Gasteiger partial charge in [0.25, 0.3) is 8.32 Å². The fourth-order valence-electron chi connectivity index (χ4n) is 3.48. The van der Waals surface area contributed by atoms with Gasteiger partial charge in [-0.25, -0.2) is 4.79 Å². The highest BCUT2D eigenvalue weighted by Gasteiger charge is 2.39. The Labute approximate surface area is 181 Å². The highest BCUT2D eigenvalue weighted by atomic mass is 28.4. The molecule has 0 spiro atoms. The van der Waals surface area contributed by atoms with Crippen molar-refractivity contribution in [2.75, 3.05) is 13.1 Å². The molecule has 30 heavy (non-hydrogen) atoms. The predicted molar refractivity (Wildman–Crippen MR) is 124 cm³/mol. The van der Waals surface area contributed by atoms with Gasteiger partial charge in [-0.1, -0.05) is 32.9 Å². The first-order chi connectivity index (χ1) is 13.8. The number of hydrogen-bond acceptors (Lipinski definition) is 4. The van der Waals surface area contributed by atoms with E-state index in [0.29, 0.717) is 13.1 Å². The molecule has 1 aromatic heterocycles. The van der Waals surface area contributed by atoms with Gasteiger partial charge in [-0.3, -0.25) is 4.68 Å². The zero-order valence-corrected chi connectivity index (χ0v) is 20.8. The lowest BCUT2D eigenvalue weighted by atomic mass is 10.1. The van der Waals surface area contributed by atoms with Gasteiger partial charge in [-0.2, -0.15) is 5.10 Å². The van der Waals surface area contributed by atoms with E-state index in [4.69, 9.17) is 14.3 Å². The number of rotatable bonds is 3. The first-order valence-corrected chi connectivity index (χ1v) is 13.8. The number of ether oxygens (including phenoxy) is 1. The lowest BCUT2D eigenvalue weighted by Gasteiger charge is -2.37. The Morgan fingerprint density at radius 2 is 1.73 bits per heavy atom. The van der Waals surface area contributed by atoms with Gasteiger partial charge in [0.15, 0.2) is 0 Å². The Morgan fingerprint density at radius 1 is 1.10 bits per heavy atom. The lowest BCUT2D eigenvalue weighted by Crippen LogP contribution is -2.44. The Morgan fingerprint density at radius 3 is 2.30 bits per heavy atom. The van der Waals surface area contributed by atoms with Crippen LogP contribution in [0.2, 0.25) is 18.1 Å². The molecule has 0 aliphatic carbocycles. The number of aromatic nitrogens is 2. The number of nitrogens with zero attached hydrogens (tertiary/aromatic N) is 3. The fourth-order valence-corrected chi connectivity index (χ4v) is 4.50. The molecule has 2 heterocycles. The number of fused-ring (bicyclic) bond motifs is 1. The molecule has 1 fully saturated rings. The van der Waals surface area contributed by atoms with Crippen LogP contribution in [-0.4, -0.2) is 47.8 Å². The zero-order chi connectivity index (χ0) is 22.3. The van der Waals surface area contributed by atoms with Crippen molar-refractivity contribution in [3.8, 4) is 5.75 Å². The van der Waals surface area contributed by atoms with Crippen molar-refractivity contribution in [2.24, 2.45) is 0 Å². The molecule has 0 bridgehead atoms. The van der Waals surface area contributed by atoms with Gasteiger partial charge in [0.1, 0.15) is 16.9 Å². The van der Waals surface area contributed by atoms with Crippen molar-refractivity contribution < 1.29 is 14.0 Å². The molecule has 7 heteroatoms. The molecule has 2 aromatic rings. The van der Waals surface area contributed by atoms with Gasteiger partial charge in [0.2, 0.25) is 0 Å². The van der Waals surface area contributed by atoms with Crippen molar-refractivity contribution >= 4 is 25.3 Å². The second-order valence-corrected chi connectivity index (χ2v) is 15.6. The summed E-state index contributed by atoms with van der Waals surface area (Å²) in [6.45, 7) is 18.3. The van der Waals surface area contributed by atoms with Crippen LogP contribution in [0.5, 0.6) is 5.75 Å². The summed E-state index contributed by atoms with van der Waals surface area (Å²) in [5.41, 5.74) is 0.597. The number of likely N-dealkylation sites (tertiary alicyclic amines) is 1. The summed E-state index contributed by atoms with van der Waals surface area (Å²) in [6, 6.07) is 6.44. The van der Waals surface area contributed by atoms with Gasteiger partial charge in [0, 0.05) is 18.5 Å². The summed E-state index contributed by atoms with van der Waals surface area (Å²) in [7, 11) is -1.97. The maximum absolute atomic E-state index is 12.4. The van der Waals surface area contributed by atoms with Gasteiger partial charge >= 0.3 is 6.09 Å². The quantitative estimate of drug-likeness (QED) is 0.560. The Hall–Kier alpha value is -2.02. The number of benzene rings is 1. The van der Waals surface area contributed by atoms with Crippen LogP contribution in [0.25, 0.3) is 10.9 Å². The van der Waals surface area contributed by atoms with E-state index in [0.717, 1.165) is 29.5 Å². The summed E-state index contributed by atoms with van der Waals surface area (Å²) in [6.07, 6.45) is 3.40. The maximum atomic E-state index is 12.4. The maximum Gasteiger partial charge on any atom is 0.410 e. The minimum absolute atomic E-state index is 0.124. The minimum atomic E-state index is -1.97. The molecule has 0 N–H and O–H groups in total. The van der Waals surface area contributed by atoms with E-state index in [9.17, 15) is 4.79 Å². The van der Waals surface area contributed by atoms with Crippen LogP contribution in [-0.2, 0) is 4.74 Å². The molecular formula is C23H37N3O3Si. The van der Waals surface area contributed by atoms with Gasteiger partial charge in [0.05, 0.1) is 12.2 Å². The molecule has 0 radical (unpaired) electrons. The Kier molecular flexibility index (Phi) is 5.97. The zero-order valence-electron chi connectivity index (χ0n) is 19.8. The fraction of sp³-hybridized carbons (Fsp3) is 0.652. The smallest absolute Gasteiger partial charge is 0.410 e. The van der Waals surface area contributed by atoms with Crippen LogP contribution in [0.15, 0.2) is 24.4 Å². The Bertz CT molecular complexity index is 901. The second-order valence-electron chi connectivity index (χ2n) is 10.8. The predicted octanol–water partition coefficient (Wildman–Crippen LogP) is 5.99. The third-order valence-corrected chi connectivity index (χ3v) is 10.6.